The van der Waals surface area contributed by atoms with Crippen LogP contribution in [0.3, 0.4) is 0 Å². The summed E-state index contributed by atoms with van der Waals surface area (Å²) in [6.07, 6.45) is 8.14. The molecule has 0 aromatic heterocycles. The van der Waals surface area contributed by atoms with Crippen molar-refractivity contribution in [2.24, 2.45) is 5.11 Å². The van der Waals surface area contributed by atoms with E-state index >= 15 is 0 Å². The van der Waals surface area contributed by atoms with Crippen molar-refractivity contribution in [2.45, 2.75) is 0 Å². The maximum Gasteiger partial charge on any atom is 0.0452 e. The average Bonchev–Trinajstić information content (AvgIpc) is 2.62. The molecule has 2 aromatic rings. The van der Waals surface area contributed by atoms with Crippen molar-refractivity contribution >= 4 is 27.7 Å². The summed E-state index contributed by atoms with van der Waals surface area (Å²) in [6, 6.07) is 18.1. The van der Waals surface area contributed by atoms with Gasteiger partial charge >= 0.3 is 0 Å². The SMILES string of the molecule is C=C(CN(C/C=C/C=C/c1ccccc1)c1ccc(Br)cc1)N=[N+]=[N-]. The lowest BCUT2D eigenvalue weighted by Crippen LogP contribution is -2.25. The van der Waals surface area contributed by atoms with E-state index in [1.165, 1.54) is 0 Å². The van der Waals surface area contributed by atoms with Gasteiger partial charge in [0.15, 0.2) is 0 Å². The highest BCUT2D eigenvalue weighted by Gasteiger charge is 2.05. The van der Waals surface area contributed by atoms with Gasteiger partial charge in [0, 0.05) is 33.9 Å². The Morgan fingerprint density at radius 1 is 1.12 bits per heavy atom. The minimum Gasteiger partial charge on any atom is -0.364 e. The predicted octanol–water partition coefficient (Wildman–Crippen LogP) is 6.35. The Kier molecular flexibility index (Phi) is 7.57. The van der Waals surface area contributed by atoms with Crippen LogP contribution in [0.2, 0.25) is 0 Å². The molecule has 0 bridgehead atoms. The van der Waals surface area contributed by atoms with E-state index in [9.17, 15) is 0 Å². The predicted molar refractivity (Wildman–Crippen MR) is 109 cm³/mol. The van der Waals surface area contributed by atoms with Gasteiger partial charge in [-0.2, -0.15) is 0 Å². The summed E-state index contributed by atoms with van der Waals surface area (Å²) in [4.78, 5) is 4.90. The number of nitrogens with zero attached hydrogens (tertiary/aromatic N) is 4. The first-order valence-corrected chi connectivity index (χ1v) is 8.60. The van der Waals surface area contributed by atoms with Gasteiger partial charge in [-0.1, -0.05) is 82.3 Å². The largest absolute Gasteiger partial charge is 0.364 e. The van der Waals surface area contributed by atoms with Crippen LogP contribution >= 0.6 is 15.9 Å². The molecule has 0 saturated heterocycles. The van der Waals surface area contributed by atoms with Crippen LogP contribution in [0.5, 0.6) is 0 Å². The number of allylic oxidation sites excluding steroid dienone is 2. The second-order valence-electron chi connectivity index (χ2n) is 5.31. The zero-order chi connectivity index (χ0) is 17.9. The zero-order valence-corrected chi connectivity index (χ0v) is 15.4. The summed E-state index contributed by atoms with van der Waals surface area (Å²) < 4.78 is 1.02. The van der Waals surface area contributed by atoms with E-state index < -0.39 is 0 Å². The normalized spacial score (nSPS) is 10.8. The van der Waals surface area contributed by atoms with Crippen molar-refractivity contribution in [3.63, 3.8) is 0 Å². The van der Waals surface area contributed by atoms with E-state index in [1.54, 1.807) is 0 Å². The third-order valence-corrected chi connectivity index (χ3v) is 3.94. The number of anilines is 1. The van der Waals surface area contributed by atoms with E-state index in [-0.39, 0.29) is 0 Å². The molecule has 0 aliphatic rings. The molecule has 4 nitrogen and oxygen atoms in total. The van der Waals surface area contributed by atoms with Gasteiger partial charge in [0.1, 0.15) is 0 Å². The molecule has 0 aliphatic carbocycles. The quantitative estimate of drug-likeness (QED) is 0.222. The van der Waals surface area contributed by atoms with Crippen LogP contribution in [0, 0.1) is 0 Å². The molecule has 0 N–H and O–H groups in total. The maximum absolute atomic E-state index is 8.56. The Morgan fingerprint density at radius 3 is 2.52 bits per heavy atom. The third kappa shape index (κ3) is 6.71. The highest BCUT2D eigenvalue weighted by atomic mass is 79.9. The molecule has 126 valence electrons. The Hall–Kier alpha value is -2.75. The van der Waals surface area contributed by atoms with Crippen LogP contribution in [0.15, 0.2) is 94.7 Å². The van der Waals surface area contributed by atoms with Crippen molar-refractivity contribution in [2.75, 3.05) is 18.0 Å². The Balaban J connectivity index is 2.03. The molecule has 0 heterocycles. The molecular weight excluding hydrogens is 376 g/mol. The van der Waals surface area contributed by atoms with Gasteiger partial charge in [0.2, 0.25) is 0 Å². The summed E-state index contributed by atoms with van der Waals surface area (Å²) in [5.74, 6) is 0. The van der Waals surface area contributed by atoms with Crippen LogP contribution < -0.4 is 4.90 Å². The van der Waals surface area contributed by atoms with E-state index in [0.29, 0.717) is 18.8 Å². The van der Waals surface area contributed by atoms with Crippen molar-refractivity contribution in [3.8, 4) is 0 Å². The average molecular weight is 395 g/mol. The van der Waals surface area contributed by atoms with Crippen LogP contribution in [-0.4, -0.2) is 13.1 Å². The number of hydrogen-bond donors (Lipinski definition) is 0. The molecule has 2 aromatic carbocycles. The first-order chi connectivity index (χ1) is 12.2. The smallest absolute Gasteiger partial charge is 0.0452 e. The fourth-order valence-corrected chi connectivity index (χ4v) is 2.49. The van der Waals surface area contributed by atoms with Crippen LogP contribution in [-0.2, 0) is 0 Å². The summed E-state index contributed by atoms with van der Waals surface area (Å²) in [7, 11) is 0. The van der Waals surface area contributed by atoms with Gasteiger partial charge < -0.3 is 4.90 Å². The fraction of sp³-hybridized carbons (Fsp3) is 0.100. The number of halogens is 1. The van der Waals surface area contributed by atoms with E-state index in [0.717, 1.165) is 15.7 Å². The summed E-state index contributed by atoms with van der Waals surface area (Å²) in [5, 5.41) is 3.59. The van der Waals surface area contributed by atoms with Crippen LogP contribution in [0.25, 0.3) is 16.5 Å². The van der Waals surface area contributed by atoms with Crippen molar-refractivity contribution in [1.29, 1.82) is 0 Å². The molecule has 2 rings (SSSR count). The molecule has 0 unspecified atom stereocenters. The van der Waals surface area contributed by atoms with E-state index in [2.05, 4.69) is 61.7 Å². The van der Waals surface area contributed by atoms with Crippen molar-refractivity contribution in [1.82, 2.24) is 0 Å². The van der Waals surface area contributed by atoms with E-state index in [1.807, 2.05) is 54.6 Å². The number of benzene rings is 2. The zero-order valence-electron chi connectivity index (χ0n) is 13.8. The second-order valence-corrected chi connectivity index (χ2v) is 6.23. The first-order valence-electron chi connectivity index (χ1n) is 7.80. The molecule has 0 atom stereocenters. The number of rotatable bonds is 8. The lowest BCUT2D eigenvalue weighted by Gasteiger charge is -2.23. The molecule has 0 fully saturated rings. The highest BCUT2D eigenvalue weighted by Crippen LogP contribution is 2.19. The minimum absolute atomic E-state index is 0.471. The second kappa shape index (κ2) is 10.2. The third-order valence-electron chi connectivity index (χ3n) is 3.41. The summed E-state index contributed by atoms with van der Waals surface area (Å²) in [5.41, 5.74) is 11.2. The standard InChI is InChI=1S/C20H19BrN4/c1-17(23-24-22)16-25(20-13-11-19(21)12-14-20)15-7-3-6-10-18-8-4-2-5-9-18/h2-14H,1,15-16H2/b7-3+,10-6+. The molecule has 25 heavy (non-hydrogen) atoms. The molecule has 0 amide bonds. The maximum atomic E-state index is 8.56. The van der Waals surface area contributed by atoms with E-state index in [4.69, 9.17) is 5.53 Å². The summed E-state index contributed by atoms with van der Waals surface area (Å²) in [6.45, 7) is 4.95. The van der Waals surface area contributed by atoms with Crippen LogP contribution in [0.1, 0.15) is 5.56 Å². The fourth-order valence-electron chi connectivity index (χ4n) is 2.23. The lowest BCUT2D eigenvalue weighted by molar-refractivity contribution is 0.910. The Bertz CT molecular complexity index is 788. The van der Waals surface area contributed by atoms with Crippen molar-refractivity contribution < 1.29 is 0 Å². The first kappa shape index (κ1) is 18.6. The molecule has 0 saturated carbocycles. The molecular formula is C20H19BrN4. The van der Waals surface area contributed by atoms with Gasteiger partial charge in [-0.3, -0.25) is 0 Å². The van der Waals surface area contributed by atoms with Gasteiger partial charge in [-0.25, -0.2) is 0 Å². The van der Waals surface area contributed by atoms with Crippen LogP contribution in [0.4, 0.5) is 5.69 Å². The Morgan fingerprint density at radius 2 is 1.84 bits per heavy atom. The highest BCUT2D eigenvalue weighted by molar-refractivity contribution is 9.10. The summed E-state index contributed by atoms with van der Waals surface area (Å²) >= 11 is 3.44. The molecule has 0 aliphatic heterocycles. The lowest BCUT2D eigenvalue weighted by atomic mass is 10.2. The topological polar surface area (TPSA) is 52.0 Å². The van der Waals surface area contributed by atoms with Crippen molar-refractivity contribution in [3.05, 3.63) is 106 Å². The van der Waals surface area contributed by atoms with Gasteiger partial charge in [0.25, 0.3) is 0 Å². The molecule has 0 radical (unpaired) electrons. The number of azide groups is 1. The van der Waals surface area contributed by atoms with Gasteiger partial charge in [-0.05, 0) is 35.4 Å². The van der Waals surface area contributed by atoms with Gasteiger partial charge in [0.05, 0.1) is 0 Å². The monoisotopic (exact) mass is 394 g/mol. The molecule has 0 spiro atoms. The molecule has 5 heteroatoms. The minimum atomic E-state index is 0.471. The number of hydrogen-bond acceptors (Lipinski definition) is 2. The Labute approximate surface area is 156 Å². The van der Waals surface area contributed by atoms with Gasteiger partial charge in [-0.15, -0.1) is 0 Å².